The van der Waals surface area contributed by atoms with Crippen molar-refractivity contribution in [2.45, 2.75) is 18.7 Å². The van der Waals surface area contributed by atoms with Gasteiger partial charge in [-0.1, -0.05) is 38.1 Å². The SMILES string of the molecule is CCN(CC)S(=O)(=O)c1ccc(/C=C/C(=O)NNC(=O)COc2ccccc2C#N)cc1. The summed E-state index contributed by atoms with van der Waals surface area (Å²) in [4.78, 5) is 23.9. The second-order valence-electron chi connectivity index (χ2n) is 6.43. The molecule has 168 valence electrons. The summed E-state index contributed by atoms with van der Waals surface area (Å²) in [5, 5.41) is 8.99. The van der Waals surface area contributed by atoms with E-state index in [1.807, 2.05) is 6.07 Å². The third-order valence-electron chi connectivity index (χ3n) is 4.34. The molecule has 0 fully saturated rings. The molecule has 0 radical (unpaired) electrons. The van der Waals surface area contributed by atoms with Crippen LogP contribution in [-0.2, 0) is 19.6 Å². The first-order chi connectivity index (χ1) is 15.3. The summed E-state index contributed by atoms with van der Waals surface area (Å²) in [7, 11) is -3.54. The highest BCUT2D eigenvalue weighted by Gasteiger charge is 2.20. The average molecular weight is 457 g/mol. The van der Waals surface area contributed by atoms with E-state index < -0.39 is 21.8 Å². The molecule has 2 aromatic rings. The highest BCUT2D eigenvalue weighted by Crippen LogP contribution is 2.17. The third kappa shape index (κ3) is 6.66. The normalized spacial score (nSPS) is 11.2. The number of carbonyl (C=O) groups is 2. The zero-order valence-electron chi connectivity index (χ0n) is 17.7. The molecule has 0 spiro atoms. The van der Waals surface area contributed by atoms with Crippen LogP contribution in [0.5, 0.6) is 5.75 Å². The van der Waals surface area contributed by atoms with Crippen molar-refractivity contribution in [3.8, 4) is 11.8 Å². The molecule has 0 atom stereocenters. The molecule has 0 heterocycles. The van der Waals surface area contributed by atoms with Gasteiger partial charge >= 0.3 is 0 Å². The first-order valence-corrected chi connectivity index (χ1v) is 11.2. The Labute approximate surface area is 187 Å². The topological polar surface area (TPSA) is 129 Å². The second-order valence-corrected chi connectivity index (χ2v) is 8.36. The van der Waals surface area contributed by atoms with E-state index in [1.54, 1.807) is 50.2 Å². The van der Waals surface area contributed by atoms with E-state index in [4.69, 9.17) is 10.00 Å². The number of hydrazine groups is 1. The van der Waals surface area contributed by atoms with Crippen LogP contribution >= 0.6 is 0 Å². The predicted molar refractivity (Wildman–Crippen MR) is 119 cm³/mol. The van der Waals surface area contributed by atoms with Gasteiger partial charge in [0, 0.05) is 19.2 Å². The molecule has 0 saturated carbocycles. The van der Waals surface area contributed by atoms with Gasteiger partial charge < -0.3 is 4.74 Å². The number of nitrogens with one attached hydrogen (secondary N) is 2. The largest absolute Gasteiger partial charge is 0.482 e. The van der Waals surface area contributed by atoms with Crippen LogP contribution in [0.1, 0.15) is 25.0 Å². The number of carbonyl (C=O) groups excluding carboxylic acids is 2. The highest BCUT2D eigenvalue weighted by molar-refractivity contribution is 7.89. The smallest absolute Gasteiger partial charge is 0.276 e. The maximum absolute atomic E-state index is 12.5. The number of sulfonamides is 1. The Morgan fingerprint density at radius 2 is 1.72 bits per heavy atom. The van der Waals surface area contributed by atoms with Gasteiger partial charge in [-0.2, -0.15) is 9.57 Å². The van der Waals surface area contributed by atoms with Gasteiger partial charge in [-0.15, -0.1) is 0 Å². The molecule has 0 aliphatic rings. The van der Waals surface area contributed by atoms with E-state index in [1.165, 1.54) is 28.6 Å². The van der Waals surface area contributed by atoms with Gasteiger partial charge in [0.1, 0.15) is 11.8 Å². The lowest BCUT2D eigenvalue weighted by Crippen LogP contribution is -2.43. The Balaban J connectivity index is 1.86. The minimum atomic E-state index is -3.54. The fraction of sp³-hybridized carbons (Fsp3) is 0.227. The molecule has 2 aromatic carbocycles. The van der Waals surface area contributed by atoms with Gasteiger partial charge in [0.25, 0.3) is 11.8 Å². The minimum absolute atomic E-state index is 0.174. The monoisotopic (exact) mass is 456 g/mol. The molecular weight excluding hydrogens is 432 g/mol. The number of para-hydroxylation sites is 1. The Kier molecular flexibility index (Phi) is 8.95. The fourth-order valence-electron chi connectivity index (χ4n) is 2.67. The molecule has 0 aromatic heterocycles. The quantitative estimate of drug-likeness (QED) is 0.438. The molecule has 2 amide bonds. The van der Waals surface area contributed by atoms with Crippen molar-refractivity contribution in [1.82, 2.24) is 15.2 Å². The number of benzene rings is 2. The van der Waals surface area contributed by atoms with Crippen LogP contribution in [0, 0.1) is 11.3 Å². The van der Waals surface area contributed by atoms with Gasteiger partial charge in [0.2, 0.25) is 10.0 Å². The Hall–Kier alpha value is -3.68. The van der Waals surface area contributed by atoms with Crippen LogP contribution < -0.4 is 15.6 Å². The van der Waals surface area contributed by atoms with E-state index in [-0.39, 0.29) is 17.3 Å². The Bertz CT molecular complexity index is 1120. The van der Waals surface area contributed by atoms with Crippen molar-refractivity contribution in [3.05, 3.63) is 65.7 Å². The summed E-state index contributed by atoms with van der Waals surface area (Å²) >= 11 is 0. The summed E-state index contributed by atoms with van der Waals surface area (Å²) in [5.41, 5.74) is 5.32. The van der Waals surface area contributed by atoms with Gasteiger partial charge in [-0.05, 0) is 35.9 Å². The summed E-state index contributed by atoms with van der Waals surface area (Å²) in [6.45, 7) is 3.91. The maximum Gasteiger partial charge on any atom is 0.276 e. The van der Waals surface area contributed by atoms with E-state index in [0.717, 1.165) is 0 Å². The predicted octanol–water partition coefficient (Wildman–Crippen LogP) is 1.83. The fourth-order valence-corrected chi connectivity index (χ4v) is 4.13. The number of rotatable bonds is 9. The van der Waals surface area contributed by atoms with Crippen LogP contribution in [-0.4, -0.2) is 44.2 Å². The lowest BCUT2D eigenvalue weighted by molar-refractivity contribution is -0.128. The van der Waals surface area contributed by atoms with Crippen LogP contribution in [0.2, 0.25) is 0 Å². The zero-order chi connectivity index (χ0) is 23.6. The molecule has 0 bridgehead atoms. The molecule has 0 unspecified atom stereocenters. The van der Waals surface area contributed by atoms with Gasteiger partial charge in [0.05, 0.1) is 10.5 Å². The molecule has 0 aliphatic carbocycles. The lowest BCUT2D eigenvalue weighted by atomic mass is 10.2. The second kappa shape index (κ2) is 11.6. The highest BCUT2D eigenvalue weighted by atomic mass is 32.2. The van der Waals surface area contributed by atoms with Crippen LogP contribution in [0.15, 0.2) is 59.5 Å². The van der Waals surface area contributed by atoms with Crippen molar-refractivity contribution >= 4 is 27.9 Å². The van der Waals surface area contributed by atoms with E-state index >= 15 is 0 Å². The van der Waals surface area contributed by atoms with Gasteiger partial charge in [-0.25, -0.2) is 8.42 Å². The summed E-state index contributed by atoms with van der Waals surface area (Å²) in [6, 6.07) is 14.5. The first kappa shape index (κ1) is 24.6. The number of hydrogen-bond donors (Lipinski definition) is 2. The number of amides is 2. The van der Waals surface area contributed by atoms with Crippen LogP contribution in [0.4, 0.5) is 0 Å². The van der Waals surface area contributed by atoms with Crippen molar-refractivity contribution < 1.29 is 22.7 Å². The molecule has 0 aliphatic heterocycles. The number of nitriles is 1. The van der Waals surface area contributed by atoms with Crippen LogP contribution in [0.3, 0.4) is 0 Å². The molecule has 2 N–H and O–H groups in total. The molecule has 2 rings (SSSR count). The summed E-state index contributed by atoms with van der Waals surface area (Å²) in [6.07, 6.45) is 2.68. The van der Waals surface area contributed by atoms with E-state index in [9.17, 15) is 18.0 Å². The lowest BCUT2D eigenvalue weighted by Gasteiger charge is -2.18. The van der Waals surface area contributed by atoms with E-state index in [2.05, 4.69) is 10.9 Å². The van der Waals surface area contributed by atoms with Gasteiger partial charge in [0.15, 0.2) is 6.61 Å². The van der Waals surface area contributed by atoms with E-state index in [0.29, 0.717) is 24.2 Å². The molecule has 9 nitrogen and oxygen atoms in total. The van der Waals surface area contributed by atoms with Gasteiger partial charge in [-0.3, -0.25) is 20.4 Å². The van der Waals surface area contributed by atoms with Crippen molar-refractivity contribution in [1.29, 1.82) is 5.26 Å². The summed E-state index contributed by atoms with van der Waals surface area (Å²) in [5.74, 6) is -0.927. The first-order valence-electron chi connectivity index (χ1n) is 9.80. The number of hydrogen-bond acceptors (Lipinski definition) is 6. The minimum Gasteiger partial charge on any atom is -0.482 e. The third-order valence-corrected chi connectivity index (χ3v) is 6.41. The average Bonchev–Trinajstić information content (AvgIpc) is 2.81. The van der Waals surface area contributed by atoms with Crippen molar-refractivity contribution in [2.75, 3.05) is 19.7 Å². The standard InChI is InChI=1S/C22H24N4O5S/c1-3-26(4-2)32(29,30)19-12-9-17(10-13-19)11-14-21(27)24-25-22(28)16-31-20-8-6-5-7-18(20)15-23/h5-14H,3-4,16H2,1-2H3,(H,24,27)(H,25,28)/b14-11+. The Morgan fingerprint density at radius 1 is 1.06 bits per heavy atom. The number of nitrogens with zero attached hydrogens (tertiary/aromatic N) is 2. The van der Waals surface area contributed by atoms with Crippen LogP contribution in [0.25, 0.3) is 6.08 Å². The Morgan fingerprint density at radius 3 is 2.34 bits per heavy atom. The molecule has 10 heteroatoms. The maximum atomic E-state index is 12.5. The summed E-state index contributed by atoms with van der Waals surface area (Å²) < 4.78 is 31.6. The zero-order valence-corrected chi connectivity index (χ0v) is 18.6. The number of ether oxygens (including phenoxy) is 1. The molecule has 32 heavy (non-hydrogen) atoms. The van der Waals surface area contributed by atoms with Crippen molar-refractivity contribution in [2.24, 2.45) is 0 Å². The molecule has 0 saturated heterocycles. The van der Waals surface area contributed by atoms with Crippen molar-refractivity contribution in [3.63, 3.8) is 0 Å². The molecular formula is C22H24N4O5S.